The fourth-order valence-electron chi connectivity index (χ4n) is 2.84. The van der Waals surface area contributed by atoms with Crippen molar-refractivity contribution in [2.45, 2.75) is 50.8 Å². The van der Waals surface area contributed by atoms with E-state index in [0.29, 0.717) is 18.0 Å². The summed E-state index contributed by atoms with van der Waals surface area (Å²) in [5.74, 6) is 0.655. The molecular formula is C18H28N2O3S. The molecule has 1 aromatic carbocycles. The molecule has 1 aliphatic rings. The first-order chi connectivity index (χ1) is 11.4. The number of amides is 1. The number of carbonyl (C=O) groups excluding carboxylic acids is 1. The second-order valence-corrected chi connectivity index (χ2v) is 8.37. The number of piperidine rings is 1. The highest BCUT2D eigenvalue weighted by Crippen LogP contribution is 2.19. The van der Waals surface area contributed by atoms with Gasteiger partial charge in [-0.2, -0.15) is 0 Å². The van der Waals surface area contributed by atoms with Crippen molar-refractivity contribution in [3.63, 3.8) is 0 Å². The first kappa shape index (κ1) is 18.9. The van der Waals surface area contributed by atoms with E-state index < -0.39 is 10.0 Å². The standard InChI is InChI=1S/C18H28N2O3S/c1-3-4-5-12-19-24(22,23)17-8-6-16(7-9-17)18(21)20-13-10-15(2)11-14-20/h6-9,15,19H,3-5,10-14H2,1-2H3. The molecular weight excluding hydrogens is 324 g/mol. The lowest BCUT2D eigenvalue weighted by atomic mass is 9.98. The van der Waals surface area contributed by atoms with E-state index in [1.165, 1.54) is 12.1 Å². The van der Waals surface area contributed by atoms with E-state index >= 15 is 0 Å². The Hall–Kier alpha value is -1.40. The third-order valence-corrected chi connectivity index (χ3v) is 6.03. The van der Waals surface area contributed by atoms with Crippen molar-refractivity contribution in [1.82, 2.24) is 9.62 Å². The Bertz CT molecular complexity index is 633. The van der Waals surface area contributed by atoms with Gasteiger partial charge in [0, 0.05) is 25.2 Å². The SMILES string of the molecule is CCCCCNS(=O)(=O)c1ccc(C(=O)N2CCC(C)CC2)cc1. The first-order valence-electron chi connectivity index (χ1n) is 8.83. The Kier molecular flexibility index (Phi) is 6.80. The van der Waals surface area contributed by atoms with E-state index in [2.05, 4.69) is 18.6 Å². The Balaban J connectivity index is 1.98. The van der Waals surface area contributed by atoms with Crippen molar-refractivity contribution in [1.29, 1.82) is 0 Å². The predicted molar refractivity (Wildman–Crippen MR) is 95.5 cm³/mol. The molecule has 5 nitrogen and oxygen atoms in total. The third-order valence-electron chi connectivity index (χ3n) is 4.55. The number of rotatable bonds is 7. The molecule has 1 aromatic rings. The maximum Gasteiger partial charge on any atom is 0.253 e. The first-order valence-corrected chi connectivity index (χ1v) is 10.3. The van der Waals surface area contributed by atoms with Crippen molar-refractivity contribution in [3.05, 3.63) is 29.8 Å². The van der Waals surface area contributed by atoms with Crippen LogP contribution in [0.25, 0.3) is 0 Å². The number of benzene rings is 1. The second-order valence-electron chi connectivity index (χ2n) is 6.60. The lowest BCUT2D eigenvalue weighted by Gasteiger charge is -2.30. The van der Waals surface area contributed by atoms with Crippen LogP contribution in [0.2, 0.25) is 0 Å². The van der Waals surface area contributed by atoms with E-state index in [9.17, 15) is 13.2 Å². The Morgan fingerprint density at radius 2 is 1.79 bits per heavy atom. The number of hydrogen-bond donors (Lipinski definition) is 1. The maximum absolute atomic E-state index is 12.5. The topological polar surface area (TPSA) is 66.5 Å². The summed E-state index contributed by atoms with van der Waals surface area (Å²) in [5.41, 5.74) is 0.550. The lowest BCUT2D eigenvalue weighted by molar-refractivity contribution is 0.0697. The summed E-state index contributed by atoms with van der Waals surface area (Å²) in [7, 11) is -3.49. The quantitative estimate of drug-likeness (QED) is 0.767. The van der Waals surface area contributed by atoms with Crippen molar-refractivity contribution < 1.29 is 13.2 Å². The van der Waals surface area contributed by atoms with Gasteiger partial charge in [-0.05, 0) is 49.4 Å². The maximum atomic E-state index is 12.5. The van der Waals surface area contributed by atoms with Gasteiger partial charge in [-0.3, -0.25) is 4.79 Å². The van der Waals surface area contributed by atoms with Crippen molar-refractivity contribution in [2.75, 3.05) is 19.6 Å². The Morgan fingerprint density at radius 3 is 2.38 bits per heavy atom. The van der Waals surface area contributed by atoms with Gasteiger partial charge < -0.3 is 4.90 Å². The predicted octanol–water partition coefficient (Wildman–Crippen LogP) is 3.03. The van der Waals surface area contributed by atoms with Gasteiger partial charge in [0.05, 0.1) is 4.90 Å². The molecule has 0 aliphatic carbocycles. The molecule has 1 aliphatic heterocycles. The summed E-state index contributed by atoms with van der Waals surface area (Å²) in [6.07, 6.45) is 4.94. The van der Waals surface area contributed by atoms with Crippen LogP contribution in [0.15, 0.2) is 29.2 Å². The Labute approximate surface area is 145 Å². The number of likely N-dealkylation sites (tertiary alicyclic amines) is 1. The largest absolute Gasteiger partial charge is 0.339 e. The van der Waals surface area contributed by atoms with E-state index in [1.807, 2.05) is 4.90 Å². The molecule has 0 saturated carbocycles. The summed E-state index contributed by atoms with van der Waals surface area (Å²) in [6, 6.07) is 6.26. The zero-order valence-corrected chi connectivity index (χ0v) is 15.4. The summed E-state index contributed by atoms with van der Waals surface area (Å²) < 4.78 is 27.0. The van der Waals surface area contributed by atoms with Gasteiger partial charge in [0.25, 0.3) is 5.91 Å². The van der Waals surface area contributed by atoms with Gasteiger partial charge >= 0.3 is 0 Å². The average Bonchev–Trinajstić information content (AvgIpc) is 2.59. The summed E-state index contributed by atoms with van der Waals surface area (Å²) >= 11 is 0. The van der Waals surface area contributed by atoms with Gasteiger partial charge in [-0.25, -0.2) is 13.1 Å². The fraction of sp³-hybridized carbons (Fsp3) is 0.611. The number of hydrogen-bond acceptors (Lipinski definition) is 3. The number of unbranched alkanes of at least 4 members (excludes halogenated alkanes) is 2. The van der Waals surface area contributed by atoms with Crippen LogP contribution in [0.3, 0.4) is 0 Å². The van der Waals surface area contributed by atoms with E-state index in [-0.39, 0.29) is 10.8 Å². The van der Waals surface area contributed by atoms with Crippen molar-refractivity contribution in [2.24, 2.45) is 5.92 Å². The van der Waals surface area contributed by atoms with Gasteiger partial charge in [-0.15, -0.1) is 0 Å². The molecule has 1 amide bonds. The molecule has 0 unspecified atom stereocenters. The fourth-order valence-corrected chi connectivity index (χ4v) is 3.91. The minimum atomic E-state index is -3.49. The molecule has 1 fully saturated rings. The second kappa shape index (κ2) is 8.62. The third kappa shape index (κ3) is 5.05. The van der Waals surface area contributed by atoms with Gasteiger partial charge in [0.15, 0.2) is 0 Å². The number of nitrogens with one attached hydrogen (secondary N) is 1. The molecule has 134 valence electrons. The van der Waals surface area contributed by atoms with Crippen LogP contribution >= 0.6 is 0 Å². The van der Waals surface area contributed by atoms with Crippen LogP contribution < -0.4 is 4.72 Å². The zero-order valence-electron chi connectivity index (χ0n) is 14.6. The monoisotopic (exact) mass is 352 g/mol. The van der Waals surface area contributed by atoms with Crippen LogP contribution in [-0.4, -0.2) is 38.9 Å². The van der Waals surface area contributed by atoms with E-state index in [1.54, 1.807) is 12.1 Å². The lowest BCUT2D eigenvalue weighted by Crippen LogP contribution is -2.37. The highest BCUT2D eigenvalue weighted by Gasteiger charge is 2.22. The molecule has 0 aromatic heterocycles. The molecule has 1 saturated heterocycles. The molecule has 0 radical (unpaired) electrons. The van der Waals surface area contributed by atoms with Crippen LogP contribution in [-0.2, 0) is 10.0 Å². The summed E-state index contributed by atoms with van der Waals surface area (Å²) in [5, 5.41) is 0. The van der Waals surface area contributed by atoms with E-state index in [4.69, 9.17) is 0 Å². The molecule has 0 spiro atoms. The van der Waals surface area contributed by atoms with Crippen LogP contribution in [0.1, 0.15) is 56.3 Å². The van der Waals surface area contributed by atoms with Crippen molar-refractivity contribution >= 4 is 15.9 Å². The van der Waals surface area contributed by atoms with Crippen LogP contribution in [0, 0.1) is 5.92 Å². The molecule has 24 heavy (non-hydrogen) atoms. The smallest absolute Gasteiger partial charge is 0.253 e. The van der Waals surface area contributed by atoms with Gasteiger partial charge in [0.1, 0.15) is 0 Å². The van der Waals surface area contributed by atoms with E-state index in [0.717, 1.165) is 45.2 Å². The number of carbonyl (C=O) groups is 1. The van der Waals surface area contributed by atoms with Gasteiger partial charge in [0.2, 0.25) is 10.0 Å². The molecule has 1 heterocycles. The normalized spacial score (nSPS) is 16.3. The molecule has 0 atom stereocenters. The molecule has 6 heteroatoms. The average molecular weight is 353 g/mol. The van der Waals surface area contributed by atoms with Crippen molar-refractivity contribution in [3.8, 4) is 0 Å². The number of sulfonamides is 1. The minimum absolute atomic E-state index is 0.0123. The molecule has 2 rings (SSSR count). The number of nitrogens with zero attached hydrogens (tertiary/aromatic N) is 1. The van der Waals surface area contributed by atoms with Crippen LogP contribution in [0.5, 0.6) is 0 Å². The highest BCUT2D eigenvalue weighted by atomic mass is 32.2. The Morgan fingerprint density at radius 1 is 1.17 bits per heavy atom. The summed E-state index contributed by atoms with van der Waals surface area (Å²) in [6.45, 7) is 6.28. The minimum Gasteiger partial charge on any atom is -0.339 e. The zero-order chi connectivity index (χ0) is 17.6. The van der Waals surface area contributed by atoms with Gasteiger partial charge in [-0.1, -0.05) is 26.7 Å². The molecule has 1 N–H and O–H groups in total. The highest BCUT2D eigenvalue weighted by molar-refractivity contribution is 7.89. The summed E-state index contributed by atoms with van der Waals surface area (Å²) in [4.78, 5) is 14.5. The molecule has 0 bridgehead atoms. The van der Waals surface area contributed by atoms with Crippen LogP contribution in [0.4, 0.5) is 0 Å².